The standard InChI is InChI=1S/C15H19ClN4O3/c1-5-22-14-11(16)6-10(7-17-14)13(21)19-12(8(2)3)15-18-9(4)20-23-15/h6-8,12H,5H2,1-4H3,(H,19,21)/t12-/m1/s1. The predicted octanol–water partition coefficient (Wildman–Crippen LogP) is 2.95. The Balaban J connectivity index is 2.17. The second kappa shape index (κ2) is 7.41. The van der Waals surface area contributed by atoms with E-state index in [-0.39, 0.29) is 16.8 Å². The van der Waals surface area contributed by atoms with E-state index in [0.717, 1.165) is 0 Å². The van der Waals surface area contributed by atoms with E-state index in [1.54, 1.807) is 6.92 Å². The van der Waals surface area contributed by atoms with E-state index in [0.29, 0.717) is 29.8 Å². The number of amides is 1. The molecule has 0 radical (unpaired) electrons. The van der Waals surface area contributed by atoms with Crippen molar-refractivity contribution < 1.29 is 14.1 Å². The Morgan fingerprint density at radius 2 is 2.22 bits per heavy atom. The van der Waals surface area contributed by atoms with Crippen LogP contribution in [-0.4, -0.2) is 27.6 Å². The van der Waals surface area contributed by atoms with Crippen LogP contribution in [0.1, 0.15) is 48.9 Å². The lowest BCUT2D eigenvalue weighted by Crippen LogP contribution is -2.32. The minimum Gasteiger partial charge on any atom is -0.477 e. The molecule has 8 heteroatoms. The molecule has 0 spiro atoms. The van der Waals surface area contributed by atoms with Crippen molar-refractivity contribution in [2.24, 2.45) is 5.92 Å². The zero-order valence-electron chi connectivity index (χ0n) is 13.5. The number of carbonyl (C=O) groups excluding carboxylic acids is 1. The first-order valence-electron chi connectivity index (χ1n) is 7.31. The molecule has 0 aromatic carbocycles. The molecule has 1 amide bonds. The summed E-state index contributed by atoms with van der Waals surface area (Å²) in [5.41, 5.74) is 0.334. The molecule has 1 N–H and O–H groups in total. The lowest BCUT2D eigenvalue weighted by Gasteiger charge is -2.18. The van der Waals surface area contributed by atoms with Crippen LogP contribution in [0, 0.1) is 12.8 Å². The largest absolute Gasteiger partial charge is 0.477 e. The molecular formula is C15H19ClN4O3. The summed E-state index contributed by atoms with van der Waals surface area (Å²) in [5.74, 6) is 0.946. The number of carbonyl (C=O) groups is 1. The maximum atomic E-state index is 12.4. The third-order valence-electron chi connectivity index (χ3n) is 3.11. The number of hydrogen-bond acceptors (Lipinski definition) is 6. The van der Waals surface area contributed by atoms with Gasteiger partial charge < -0.3 is 14.6 Å². The van der Waals surface area contributed by atoms with Gasteiger partial charge in [-0.25, -0.2) is 4.98 Å². The van der Waals surface area contributed by atoms with E-state index in [4.69, 9.17) is 20.9 Å². The molecule has 0 unspecified atom stereocenters. The van der Waals surface area contributed by atoms with Crippen LogP contribution in [0.5, 0.6) is 5.88 Å². The van der Waals surface area contributed by atoms with Crippen molar-refractivity contribution in [2.45, 2.75) is 33.7 Å². The highest BCUT2D eigenvalue weighted by Gasteiger charge is 2.25. The van der Waals surface area contributed by atoms with Crippen molar-refractivity contribution in [3.8, 4) is 5.88 Å². The highest BCUT2D eigenvalue weighted by atomic mass is 35.5. The van der Waals surface area contributed by atoms with E-state index in [2.05, 4.69) is 20.4 Å². The van der Waals surface area contributed by atoms with Crippen LogP contribution in [0.2, 0.25) is 5.02 Å². The number of aromatic nitrogens is 3. The molecule has 1 atom stereocenters. The molecule has 0 bridgehead atoms. The first-order valence-corrected chi connectivity index (χ1v) is 7.69. The van der Waals surface area contributed by atoms with E-state index in [1.165, 1.54) is 12.3 Å². The van der Waals surface area contributed by atoms with Crippen LogP contribution in [0.25, 0.3) is 0 Å². The number of nitrogens with one attached hydrogen (secondary N) is 1. The maximum absolute atomic E-state index is 12.4. The lowest BCUT2D eigenvalue weighted by atomic mass is 10.0. The number of halogens is 1. The van der Waals surface area contributed by atoms with E-state index < -0.39 is 6.04 Å². The molecule has 2 aromatic heterocycles. The Kier molecular flexibility index (Phi) is 5.54. The van der Waals surface area contributed by atoms with Crippen molar-refractivity contribution in [3.63, 3.8) is 0 Å². The van der Waals surface area contributed by atoms with Crippen LogP contribution in [0.15, 0.2) is 16.8 Å². The summed E-state index contributed by atoms with van der Waals surface area (Å²) in [6, 6.07) is 1.12. The SMILES string of the molecule is CCOc1ncc(C(=O)N[C@@H](c2nc(C)no2)C(C)C)cc1Cl. The van der Waals surface area contributed by atoms with Gasteiger partial charge in [-0.05, 0) is 25.8 Å². The summed E-state index contributed by atoms with van der Waals surface area (Å²) in [6.45, 7) is 7.91. The third-order valence-corrected chi connectivity index (χ3v) is 3.38. The number of hydrogen-bond donors (Lipinski definition) is 1. The molecule has 0 saturated heterocycles. The Hall–Kier alpha value is -2.15. The van der Waals surface area contributed by atoms with Gasteiger partial charge in [-0.2, -0.15) is 4.98 Å². The van der Waals surface area contributed by atoms with E-state index in [9.17, 15) is 4.79 Å². The van der Waals surface area contributed by atoms with Gasteiger partial charge in [0.1, 0.15) is 11.1 Å². The summed E-state index contributed by atoms with van der Waals surface area (Å²) in [6.07, 6.45) is 1.42. The smallest absolute Gasteiger partial charge is 0.253 e. The molecule has 0 aliphatic heterocycles. The van der Waals surface area contributed by atoms with Crippen molar-refractivity contribution in [1.29, 1.82) is 0 Å². The van der Waals surface area contributed by atoms with Crippen LogP contribution in [-0.2, 0) is 0 Å². The number of rotatable bonds is 6. The number of pyridine rings is 1. The first-order chi connectivity index (χ1) is 10.9. The van der Waals surface area contributed by atoms with Gasteiger partial charge in [0, 0.05) is 6.20 Å². The van der Waals surface area contributed by atoms with Crippen molar-refractivity contribution in [1.82, 2.24) is 20.4 Å². The highest BCUT2D eigenvalue weighted by Crippen LogP contribution is 2.24. The van der Waals surface area contributed by atoms with E-state index in [1.807, 2.05) is 20.8 Å². The molecule has 23 heavy (non-hydrogen) atoms. The molecule has 0 fully saturated rings. The molecule has 2 rings (SSSR count). The number of nitrogens with zero attached hydrogens (tertiary/aromatic N) is 3. The number of ether oxygens (including phenoxy) is 1. The molecular weight excluding hydrogens is 320 g/mol. The summed E-state index contributed by atoms with van der Waals surface area (Å²) in [4.78, 5) is 20.7. The van der Waals surface area contributed by atoms with Gasteiger partial charge >= 0.3 is 0 Å². The van der Waals surface area contributed by atoms with Gasteiger partial charge in [-0.3, -0.25) is 4.79 Å². The second-order valence-corrected chi connectivity index (χ2v) is 5.73. The predicted molar refractivity (Wildman–Crippen MR) is 84.5 cm³/mol. The Morgan fingerprint density at radius 3 is 2.74 bits per heavy atom. The molecule has 124 valence electrons. The van der Waals surface area contributed by atoms with Crippen LogP contribution >= 0.6 is 11.6 Å². The quantitative estimate of drug-likeness (QED) is 0.870. The van der Waals surface area contributed by atoms with Gasteiger partial charge in [0.15, 0.2) is 5.82 Å². The zero-order valence-corrected chi connectivity index (χ0v) is 14.2. The van der Waals surface area contributed by atoms with Gasteiger partial charge in [0.25, 0.3) is 5.91 Å². The van der Waals surface area contributed by atoms with Gasteiger partial charge in [-0.1, -0.05) is 30.6 Å². The van der Waals surface area contributed by atoms with Crippen LogP contribution < -0.4 is 10.1 Å². The summed E-state index contributed by atoms with van der Waals surface area (Å²) < 4.78 is 10.4. The second-order valence-electron chi connectivity index (χ2n) is 5.32. The van der Waals surface area contributed by atoms with Crippen LogP contribution in [0.4, 0.5) is 0 Å². The lowest BCUT2D eigenvalue weighted by molar-refractivity contribution is 0.0913. The summed E-state index contributed by atoms with van der Waals surface area (Å²) in [7, 11) is 0. The monoisotopic (exact) mass is 338 g/mol. The Morgan fingerprint density at radius 1 is 1.48 bits per heavy atom. The van der Waals surface area contributed by atoms with Crippen molar-refractivity contribution in [2.75, 3.05) is 6.61 Å². The fraction of sp³-hybridized carbons (Fsp3) is 0.467. The highest BCUT2D eigenvalue weighted by molar-refractivity contribution is 6.32. The fourth-order valence-corrected chi connectivity index (χ4v) is 2.19. The van der Waals surface area contributed by atoms with Crippen molar-refractivity contribution in [3.05, 3.63) is 34.6 Å². The van der Waals surface area contributed by atoms with Gasteiger partial charge in [0.05, 0.1) is 12.2 Å². The fourth-order valence-electron chi connectivity index (χ4n) is 1.97. The number of aryl methyl sites for hydroxylation is 1. The molecule has 0 aliphatic rings. The summed E-state index contributed by atoms with van der Waals surface area (Å²) in [5, 5.41) is 6.91. The zero-order chi connectivity index (χ0) is 17.0. The first kappa shape index (κ1) is 17.2. The normalized spacial score (nSPS) is 12.3. The maximum Gasteiger partial charge on any atom is 0.253 e. The topological polar surface area (TPSA) is 90.1 Å². The van der Waals surface area contributed by atoms with Gasteiger partial charge in [0.2, 0.25) is 11.8 Å². The Labute approximate surface area is 139 Å². The molecule has 2 heterocycles. The minimum absolute atomic E-state index is 0.0740. The average Bonchev–Trinajstić information content (AvgIpc) is 2.92. The molecule has 0 aliphatic carbocycles. The average molecular weight is 339 g/mol. The minimum atomic E-state index is -0.394. The molecule has 2 aromatic rings. The van der Waals surface area contributed by atoms with Crippen molar-refractivity contribution >= 4 is 17.5 Å². The van der Waals surface area contributed by atoms with Gasteiger partial charge in [-0.15, -0.1) is 0 Å². The van der Waals surface area contributed by atoms with Crippen LogP contribution in [0.3, 0.4) is 0 Å². The molecule has 0 saturated carbocycles. The van der Waals surface area contributed by atoms with E-state index >= 15 is 0 Å². The Bertz CT molecular complexity index is 687. The molecule has 7 nitrogen and oxygen atoms in total. The third kappa shape index (κ3) is 4.19. The summed E-state index contributed by atoms with van der Waals surface area (Å²) >= 11 is 6.06.